The molecule has 0 saturated heterocycles. The van der Waals surface area contributed by atoms with Crippen LogP contribution >= 0.6 is 0 Å². The summed E-state index contributed by atoms with van der Waals surface area (Å²) in [5.74, 6) is 0.192. The van der Waals surface area contributed by atoms with Crippen molar-refractivity contribution >= 4 is 23.1 Å². The minimum Gasteiger partial charge on any atom is -0.494 e. The van der Waals surface area contributed by atoms with Gasteiger partial charge in [-0.1, -0.05) is 36.8 Å². The Morgan fingerprint density at radius 3 is 2.29 bits per heavy atom. The molecule has 1 aliphatic rings. The Balaban J connectivity index is 2.05. The number of ether oxygens (including phenoxy) is 1. The number of nitrogens with zero attached hydrogens (tertiary/aromatic N) is 1. The summed E-state index contributed by atoms with van der Waals surface area (Å²) in [4.78, 5) is 27.4. The quantitative estimate of drug-likeness (QED) is 0.730. The normalized spacial score (nSPS) is 14.1. The molecule has 28 heavy (non-hydrogen) atoms. The van der Waals surface area contributed by atoms with Crippen molar-refractivity contribution < 1.29 is 14.3 Å². The number of nitrogens with one attached hydrogen (secondary N) is 1. The second-order valence-corrected chi connectivity index (χ2v) is 6.91. The van der Waals surface area contributed by atoms with Gasteiger partial charge in [-0.25, -0.2) is 0 Å². The third-order valence-electron chi connectivity index (χ3n) is 4.71. The van der Waals surface area contributed by atoms with E-state index < -0.39 is 0 Å². The Bertz CT molecular complexity index is 929. The van der Waals surface area contributed by atoms with Crippen molar-refractivity contribution in [1.29, 1.82) is 0 Å². The van der Waals surface area contributed by atoms with Gasteiger partial charge in [0.1, 0.15) is 11.4 Å². The third-order valence-corrected chi connectivity index (χ3v) is 4.71. The van der Waals surface area contributed by atoms with Crippen LogP contribution < -0.4 is 10.1 Å². The molecule has 5 heteroatoms. The number of amides is 2. The molecule has 0 aliphatic carbocycles. The van der Waals surface area contributed by atoms with E-state index >= 15 is 0 Å². The van der Waals surface area contributed by atoms with Crippen molar-refractivity contribution in [2.24, 2.45) is 0 Å². The van der Waals surface area contributed by atoms with Crippen LogP contribution in [-0.4, -0.2) is 29.9 Å². The second-order valence-electron chi connectivity index (χ2n) is 6.91. The van der Waals surface area contributed by atoms with Gasteiger partial charge in [0.25, 0.3) is 11.8 Å². The molecule has 1 N–H and O–H groups in total. The van der Waals surface area contributed by atoms with Crippen LogP contribution in [0.1, 0.15) is 37.0 Å². The van der Waals surface area contributed by atoms with E-state index in [0.29, 0.717) is 36.4 Å². The Hall–Kier alpha value is -3.08. The highest BCUT2D eigenvalue weighted by atomic mass is 16.5. The third kappa shape index (κ3) is 3.79. The predicted molar refractivity (Wildman–Crippen MR) is 111 cm³/mol. The molecule has 3 rings (SSSR count). The SMILES string of the molecule is CCCN1C(=O)C(Nc2ccc(C)cc2C)=C(c2ccc(OCC)cc2)C1=O. The molecule has 0 radical (unpaired) electrons. The van der Waals surface area contributed by atoms with Gasteiger partial charge in [-0.15, -0.1) is 0 Å². The molecular weight excluding hydrogens is 352 g/mol. The maximum Gasteiger partial charge on any atom is 0.278 e. The first-order valence-corrected chi connectivity index (χ1v) is 9.64. The van der Waals surface area contributed by atoms with Gasteiger partial charge in [0.05, 0.1) is 12.2 Å². The largest absolute Gasteiger partial charge is 0.494 e. The fraction of sp³-hybridized carbons (Fsp3) is 0.304. The summed E-state index contributed by atoms with van der Waals surface area (Å²) in [5, 5.41) is 3.23. The van der Waals surface area contributed by atoms with E-state index in [0.717, 1.165) is 22.6 Å². The average molecular weight is 378 g/mol. The van der Waals surface area contributed by atoms with E-state index in [-0.39, 0.29) is 11.8 Å². The molecule has 5 nitrogen and oxygen atoms in total. The standard InChI is InChI=1S/C23H26N2O3/c1-5-13-25-22(26)20(17-8-10-18(11-9-17)28-6-2)21(23(25)27)24-19-12-7-15(3)14-16(19)4/h7-12,14,24H,5-6,13H2,1-4H3. The molecule has 1 aliphatic heterocycles. The van der Waals surface area contributed by atoms with Crippen LogP contribution in [0.3, 0.4) is 0 Å². The van der Waals surface area contributed by atoms with Crippen molar-refractivity contribution in [1.82, 2.24) is 4.90 Å². The predicted octanol–water partition coefficient (Wildman–Crippen LogP) is 4.30. The zero-order valence-electron chi connectivity index (χ0n) is 16.8. The zero-order chi connectivity index (χ0) is 20.3. The number of carbonyl (C=O) groups is 2. The summed E-state index contributed by atoms with van der Waals surface area (Å²) in [6.07, 6.45) is 0.713. The van der Waals surface area contributed by atoms with Gasteiger partial charge in [0.2, 0.25) is 0 Å². The van der Waals surface area contributed by atoms with E-state index in [9.17, 15) is 9.59 Å². The molecule has 0 aromatic heterocycles. The first-order valence-electron chi connectivity index (χ1n) is 9.64. The highest BCUT2D eigenvalue weighted by Crippen LogP contribution is 2.32. The van der Waals surface area contributed by atoms with E-state index in [1.165, 1.54) is 4.90 Å². The fourth-order valence-electron chi connectivity index (χ4n) is 3.36. The first-order chi connectivity index (χ1) is 13.5. The molecule has 0 bridgehead atoms. The molecule has 0 atom stereocenters. The van der Waals surface area contributed by atoms with Crippen molar-refractivity contribution in [3.05, 3.63) is 64.9 Å². The molecule has 0 spiro atoms. The van der Waals surface area contributed by atoms with Gasteiger partial charge in [0.15, 0.2) is 0 Å². The lowest BCUT2D eigenvalue weighted by Crippen LogP contribution is -2.33. The molecule has 2 aromatic carbocycles. The second kappa shape index (κ2) is 8.30. The number of imide groups is 1. The first kappa shape index (κ1) is 19.7. The lowest BCUT2D eigenvalue weighted by Gasteiger charge is -2.14. The summed E-state index contributed by atoms with van der Waals surface area (Å²) in [6, 6.07) is 13.3. The minimum absolute atomic E-state index is 0.261. The summed E-state index contributed by atoms with van der Waals surface area (Å²) in [6.45, 7) is 8.85. The highest BCUT2D eigenvalue weighted by molar-refractivity contribution is 6.36. The van der Waals surface area contributed by atoms with Crippen molar-refractivity contribution in [3.63, 3.8) is 0 Å². The van der Waals surface area contributed by atoms with Crippen LogP contribution in [-0.2, 0) is 9.59 Å². The Morgan fingerprint density at radius 1 is 0.964 bits per heavy atom. The van der Waals surface area contributed by atoms with Gasteiger partial charge < -0.3 is 10.1 Å². The smallest absolute Gasteiger partial charge is 0.278 e. The maximum absolute atomic E-state index is 13.0. The van der Waals surface area contributed by atoms with Gasteiger partial charge in [0, 0.05) is 12.2 Å². The minimum atomic E-state index is -0.282. The van der Waals surface area contributed by atoms with E-state index in [1.54, 1.807) is 0 Å². The van der Waals surface area contributed by atoms with E-state index in [4.69, 9.17) is 4.74 Å². The average Bonchev–Trinajstić information content (AvgIpc) is 2.90. The lowest BCUT2D eigenvalue weighted by atomic mass is 10.0. The van der Waals surface area contributed by atoms with E-state index in [2.05, 4.69) is 5.32 Å². The van der Waals surface area contributed by atoms with Gasteiger partial charge >= 0.3 is 0 Å². The highest BCUT2D eigenvalue weighted by Gasteiger charge is 2.38. The van der Waals surface area contributed by atoms with Crippen LogP contribution in [0.5, 0.6) is 5.75 Å². The summed E-state index contributed by atoms with van der Waals surface area (Å²) >= 11 is 0. The Kier molecular flexibility index (Phi) is 5.83. The number of benzene rings is 2. The Labute approximate surface area is 166 Å². The number of hydrogen-bond acceptors (Lipinski definition) is 4. The summed E-state index contributed by atoms with van der Waals surface area (Å²) in [7, 11) is 0. The summed E-state index contributed by atoms with van der Waals surface area (Å²) < 4.78 is 5.49. The molecule has 2 amide bonds. The number of carbonyl (C=O) groups excluding carboxylic acids is 2. The molecule has 0 fully saturated rings. The van der Waals surface area contributed by atoms with Gasteiger partial charge in [-0.05, 0) is 56.5 Å². The van der Waals surface area contributed by atoms with Crippen LogP contribution in [0.2, 0.25) is 0 Å². The number of anilines is 1. The Morgan fingerprint density at radius 2 is 1.68 bits per heavy atom. The van der Waals surface area contributed by atoms with Crippen LogP contribution in [0, 0.1) is 13.8 Å². The number of aryl methyl sites for hydroxylation is 2. The molecular formula is C23H26N2O3. The molecule has 0 unspecified atom stereocenters. The zero-order valence-corrected chi connectivity index (χ0v) is 16.8. The topological polar surface area (TPSA) is 58.6 Å². The number of rotatable bonds is 7. The molecule has 2 aromatic rings. The van der Waals surface area contributed by atoms with E-state index in [1.807, 2.05) is 70.2 Å². The van der Waals surface area contributed by atoms with Crippen LogP contribution in [0.25, 0.3) is 5.57 Å². The lowest BCUT2D eigenvalue weighted by molar-refractivity contribution is -0.136. The molecule has 0 saturated carbocycles. The maximum atomic E-state index is 13.0. The number of hydrogen-bond donors (Lipinski definition) is 1. The summed E-state index contributed by atoms with van der Waals surface area (Å²) in [5.41, 5.74) is 4.42. The van der Waals surface area contributed by atoms with Crippen LogP contribution in [0.4, 0.5) is 5.69 Å². The monoisotopic (exact) mass is 378 g/mol. The van der Waals surface area contributed by atoms with Crippen molar-refractivity contribution in [2.45, 2.75) is 34.1 Å². The molecule has 146 valence electrons. The van der Waals surface area contributed by atoms with Crippen LogP contribution in [0.15, 0.2) is 48.2 Å². The van der Waals surface area contributed by atoms with Crippen molar-refractivity contribution in [2.75, 3.05) is 18.5 Å². The van der Waals surface area contributed by atoms with Gasteiger partial charge in [-0.2, -0.15) is 0 Å². The van der Waals surface area contributed by atoms with Gasteiger partial charge in [-0.3, -0.25) is 14.5 Å². The molecule has 1 heterocycles. The fourth-order valence-corrected chi connectivity index (χ4v) is 3.36. The van der Waals surface area contributed by atoms with Crippen molar-refractivity contribution in [3.8, 4) is 5.75 Å².